The first-order chi connectivity index (χ1) is 13.9. The summed E-state index contributed by atoms with van der Waals surface area (Å²) in [6.45, 7) is 0.613. The second-order valence-electron chi connectivity index (χ2n) is 6.48. The molecule has 1 N–H and O–H groups in total. The summed E-state index contributed by atoms with van der Waals surface area (Å²) in [5.41, 5.74) is -0.211. The third-order valence-corrected chi connectivity index (χ3v) is 4.52. The quantitative estimate of drug-likeness (QED) is 0.716. The maximum Gasteiger partial charge on any atom is 0.229 e. The number of benzene rings is 2. The molecule has 6 nitrogen and oxygen atoms in total. The summed E-state index contributed by atoms with van der Waals surface area (Å²) in [7, 11) is 1.52. The van der Waals surface area contributed by atoms with Crippen molar-refractivity contribution in [3.8, 4) is 11.5 Å². The fourth-order valence-electron chi connectivity index (χ4n) is 3.04. The van der Waals surface area contributed by atoms with E-state index in [4.69, 9.17) is 9.47 Å². The molecule has 2 aromatic rings. The molecule has 1 aliphatic heterocycles. The Balaban J connectivity index is 1.53. The molecule has 0 unspecified atom stereocenters. The number of halogens is 3. The largest absolute Gasteiger partial charge is 0.493 e. The van der Waals surface area contributed by atoms with Crippen molar-refractivity contribution in [1.82, 2.24) is 4.90 Å². The molecule has 1 aliphatic rings. The summed E-state index contributed by atoms with van der Waals surface area (Å²) < 4.78 is 50.4. The van der Waals surface area contributed by atoms with E-state index in [2.05, 4.69) is 5.32 Å². The molecule has 0 aromatic heterocycles. The molecule has 2 aromatic carbocycles. The van der Waals surface area contributed by atoms with Gasteiger partial charge in [-0.3, -0.25) is 9.59 Å². The van der Waals surface area contributed by atoms with Crippen LogP contribution >= 0.6 is 0 Å². The van der Waals surface area contributed by atoms with E-state index < -0.39 is 29.3 Å². The molecule has 1 fully saturated rings. The van der Waals surface area contributed by atoms with Crippen LogP contribution in [0.5, 0.6) is 11.5 Å². The zero-order valence-electron chi connectivity index (χ0n) is 15.6. The molecule has 0 aliphatic carbocycles. The number of para-hydroxylation sites is 2. The van der Waals surface area contributed by atoms with Gasteiger partial charge in [-0.2, -0.15) is 0 Å². The normalized spacial score (nSPS) is 16.1. The first-order valence-corrected chi connectivity index (χ1v) is 8.88. The molecule has 0 spiro atoms. The van der Waals surface area contributed by atoms with Crippen LogP contribution in [0.3, 0.4) is 0 Å². The van der Waals surface area contributed by atoms with Crippen molar-refractivity contribution in [1.29, 1.82) is 0 Å². The summed E-state index contributed by atoms with van der Waals surface area (Å²) in [4.78, 5) is 25.9. The minimum absolute atomic E-state index is 0.0351. The van der Waals surface area contributed by atoms with Crippen molar-refractivity contribution in [2.45, 2.75) is 6.42 Å². The van der Waals surface area contributed by atoms with Crippen molar-refractivity contribution in [3.63, 3.8) is 0 Å². The fourth-order valence-corrected chi connectivity index (χ4v) is 3.04. The van der Waals surface area contributed by atoms with Gasteiger partial charge in [0.05, 0.1) is 19.6 Å². The molecule has 2 amide bonds. The molecule has 29 heavy (non-hydrogen) atoms. The van der Waals surface area contributed by atoms with Crippen LogP contribution in [0.25, 0.3) is 0 Å². The molecule has 3 rings (SSSR count). The van der Waals surface area contributed by atoms with Gasteiger partial charge < -0.3 is 19.7 Å². The lowest BCUT2D eigenvalue weighted by Gasteiger charge is -2.17. The topological polar surface area (TPSA) is 67.9 Å². The van der Waals surface area contributed by atoms with Crippen molar-refractivity contribution in [2.75, 3.05) is 32.1 Å². The Morgan fingerprint density at radius 1 is 1.17 bits per heavy atom. The van der Waals surface area contributed by atoms with Crippen LogP contribution in [-0.2, 0) is 9.59 Å². The average Bonchev–Trinajstić information content (AvgIpc) is 3.07. The summed E-state index contributed by atoms with van der Waals surface area (Å²) in [6, 6.07) is 8.45. The van der Waals surface area contributed by atoms with Crippen molar-refractivity contribution >= 4 is 17.5 Å². The third-order valence-electron chi connectivity index (χ3n) is 4.52. The monoisotopic (exact) mass is 408 g/mol. The smallest absolute Gasteiger partial charge is 0.229 e. The lowest BCUT2D eigenvalue weighted by Crippen LogP contribution is -2.31. The second kappa shape index (κ2) is 8.85. The van der Waals surface area contributed by atoms with Gasteiger partial charge in [0.15, 0.2) is 29.0 Å². The number of nitrogens with zero attached hydrogens (tertiary/aromatic N) is 1. The molecular formula is C20H19F3N2O4. The van der Waals surface area contributed by atoms with Crippen molar-refractivity contribution < 1.29 is 32.2 Å². The van der Waals surface area contributed by atoms with Crippen molar-refractivity contribution in [2.24, 2.45) is 5.92 Å². The lowest BCUT2D eigenvalue weighted by molar-refractivity contribution is -0.128. The van der Waals surface area contributed by atoms with Crippen LogP contribution in [0, 0.1) is 23.4 Å². The van der Waals surface area contributed by atoms with Crippen LogP contribution in [0.4, 0.5) is 18.9 Å². The number of methoxy groups -OCH3 is 1. The van der Waals surface area contributed by atoms with E-state index in [1.165, 1.54) is 12.0 Å². The zero-order chi connectivity index (χ0) is 21.0. The summed E-state index contributed by atoms with van der Waals surface area (Å²) in [6.07, 6.45) is -0.0351. The predicted octanol–water partition coefficient (Wildman–Crippen LogP) is 2.98. The standard InChI is InChI=1S/C20H19F3N2O4/c1-28-16-4-2-3-5-17(16)29-7-6-25-11-12(8-18(25)26)20(27)24-13-9-14(21)19(23)15(22)10-13/h2-5,9-10,12H,6-8,11H2,1H3,(H,24,27)/t12-/m0/s1. The third kappa shape index (κ3) is 4.79. The van der Waals surface area contributed by atoms with Gasteiger partial charge in [-0.15, -0.1) is 0 Å². The highest BCUT2D eigenvalue weighted by atomic mass is 19.2. The van der Waals surface area contributed by atoms with Crippen LogP contribution in [-0.4, -0.2) is 43.5 Å². The SMILES string of the molecule is COc1ccccc1OCCN1C[C@@H](C(=O)Nc2cc(F)c(F)c(F)c2)CC1=O. The minimum Gasteiger partial charge on any atom is -0.493 e. The number of carbonyl (C=O) groups excluding carboxylic acids is 2. The highest BCUT2D eigenvalue weighted by Gasteiger charge is 2.34. The number of hydrogen-bond acceptors (Lipinski definition) is 4. The average molecular weight is 408 g/mol. The summed E-state index contributed by atoms with van der Waals surface area (Å²) >= 11 is 0. The predicted molar refractivity (Wildman–Crippen MR) is 98.1 cm³/mol. The summed E-state index contributed by atoms with van der Waals surface area (Å²) in [5.74, 6) is -4.81. The van der Waals surface area contributed by atoms with E-state index in [9.17, 15) is 22.8 Å². The van der Waals surface area contributed by atoms with Gasteiger partial charge in [0.2, 0.25) is 11.8 Å². The van der Waals surface area contributed by atoms with Gasteiger partial charge in [-0.1, -0.05) is 12.1 Å². The lowest BCUT2D eigenvalue weighted by atomic mass is 10.1. The van der Waals surface area contributed by atoms with Gasteiger partial charge >= 0.3 is 0 Å². The maximum absolute atomic E-state index is 13.3. The molecule has 9 heteroatoms. The minimum atomic E-state index is -1.61. The number of ether oxygens (including phenoxy) is 2. The molecule has 0 saturated carbocycles. The Bertz CT molecular complexity index is 899. The first kappa shape index (κ1) is 20.5. The van der Waals surface area contributed by atoms with E-state index in [0.717, 1.165) is 0 Å². The number of carbonyl (C=O) groups is 2. The fraction of sp³-hybridized carbons (Fsp3) is 0.300. The van der Waals surface area contributed by atoms with E-state index >= 15 is 0 Å². The Hall–Kier alpha value is -3.23. The van der Waals surface area contributed by atoms with Crippen molar-refractivity contribution in [3.05, 3.63) is 53.8 Å². The number of amides is 2. The van der Waals surface area contributed by atoms with E-state index in [0.29, 0.717) is 23.6 Å². The van der Waals surface area contributed by atoms with Crippen LogP contribution in [0.15, 0.2) is 36.4 Å². The van der Waals surface area contributed by atoms with E-state index in [1.54, 1.807) is 24.3 Å². The highest BCUT2D eigenvalue weighted by Crippen LogP contribution is 2.26. The van der Waals surface area contributed by atoms with Gasteiger partial charge in [-0.25, -0.2) is 13.2 Å². The van der Waals surface area contributed by atoms with Crippen LogP contribution in [0.1, 0.15) is 6.42 Å². The Labute approximate surface area is 165 Å². The number of nitrogens with one attached hydrogen (secondary N) is 1. The Morgan fingerprint density at radius 3 is 2.48 bits per heavy atom. The van der Waals surface area contributed by atoms with Gasteiger partial charge in [0.25, 0.3) is 0 Å². The van der Waals surface area contributed by atoms with Crippen LogP contribution in [0.2, 0.25) is 0 Å². The van der Waals surface area contributed by atoms with Gasteiger partial charge in [0, 0.05) is 30.8 Å². The van der Waals surface area contributed by atoms with E-state index in [1.807, 2.05) is 0 Å². The molecule has 1 saturated heterocycles. The molecule has 1 atom stereocenters. The first-order valence-electron chi connectivity index (χ1n) is 8.88. The zero-order valence-corrected chi connectivity index (χ0v) is 15.6. The van der Waals surface area contributed by atoms with Gasteiger partial charge in [-0.05, 0) is 12.1 Å². The number of likely N-dealkylation sites (tertiary alicyclic amines) is 1. The Morgan fingerprint density at radius 2 is 1.83 bits per heavy atom. The number of anilines is 1. The Kier molecular flexibility index (Phi) is 6.26. The maximum atomic E-state index is 13.3. The molecular weight excluding hydrogens is 389 g/mol. The molecule has 0 bridgehead atoms. The molecule has 154 valence electrons. The van der Waals surface area contributed by atoms with E-state index in [-0.39, 0.29) is 37.7 Å². The van der Waals surface area contributed by atoms with Crippen LogP contribution < -0.4 is 14.8 Å². The summed E-state index contributed by atoms with van der Waals surface area (Å²) in [5, 5.41) is 2.32. The number of hydrogen-bond donors (Lipinski definition) is 1. The molecule has 1 heterocycles. The highest BCUT2D eigenvalue weighted by molar-refractivity contribution is 5.97. The molecule has 0 radical (unpaired) electrons. The second-order valence-corrected chi connectivity index (χ2v) is 6.48. The number of rotatable bonds is 7. The van der Waals surface area contributed by atoms with Gasteiger partial charge in [0.1, 0.15) is 6.61 Å².